The molecule has 1 aromatic carbocycles. The van der Waals surface area contributed by atoms with E-state index in [1.54, 1.807) is 18.5 Å². The van der Waals surface area contributed by atoms with Crippen LogP contribution in [0.1, 0.15) is 18.4 Å². The molecule has 2 N–H and O–H groups in total. The highest BCUT2D eigenvalue weighted by Gasteiger charge is 2.23. The molecule has 0 bridgehead atoms. The van der Waals surface area contributed by atoms with Crippen LogP contribution in [0.3, 0.4) is 0 Å². The molecule has 4 rings (SSSR count). The van der Waals surface area contributed by atoms with Crippen LogP contribution in [0.15, 0.2) is 42.7 Å². The van der Waals surface area contributed by atoms with Crippen molar-refractivity contribution < 1.29 is 9.59 Å². The zero-order valence-electron chi connectivity index (χ0n) is 16.8. The van der Waals surface area contributed by atoms with Gasteiger partial charge < -0.3 is 20.4 Å². The van der Waals surface area contributed by atoms with E-state index in [1.807, 2.05) is 29.2 Å². The molecule has 0 radical (unpaired) electrons. The number of amides is 2. The van der Waals surface area contributed by atoms with Crippen LogP contribution in [0.4, 0.5) is 11.6 Å². The third kappa shape index (κ3) is 5.46. The number of nitrogens with one attached hydrogen (secondary N) is 2. The Kier molecular flexibility index (Phi) is 7.59. The van der Waals surface area contributed by atoms with Gasteiger partial charge in [0.1, 0.15) is 0 Å². The number of anilines is 2. The van der Waals surface area contributed by atoms with Crippen LogP contribution in [0, 0.1) is 0 Å². The van der Waals surface area contributed by atoms with Gasteiger partial charge in [-0.3, -0.25) is 9.59 Å². The molecule has 2 aromatic rings. The van der Waals surface area contributed by atoms with Gasteiger partial charge in [0.25, 0.3) is 0 Å². The van der Waals surface area contributed by atoms with Gasteiger partial charge in [0.2, 0.25) is 17.8 Å². The number of halogens is 1. The summed E-state index contributed by atoms with van der Waals surface area (Å²) < 4.78 is 0. The van der Waals surface area contributed by atoms with Crippen LogP contribution in [0.25, 0.3) is 0 Å². The normalized spacial score (nSPS) is 18.6. The number of hydrogen-bond acceptors (Lipinski definition) is 6. The van der Waals surface area contributed by atoms with Crippen LogP contribution < -0.4 is 15.5 Å². The summed E-state index contributed by atoms with van der Waals surface area (Å²) in [7, 11) is 0. The third-order valence-electron chi connectivity index (χ3n) is 5.42. The summed E-state index contributed by atoms with van der Waals surface area (Å²) in [5.74, 6) is 0.835. The zero-order chi connectivity index (χ0) is 20.1. The summed E-state index contributed by atoms with van der Waals surface area (Å²) in [4.78, 5) is 37.3. The summed E-state index contributed by atoms with van der Waals surface area (Å²) in [6.07, 6.45) is 5.74. The minimum Gasteiger partial charge on any atom is -0.339 e. The van der Waals surface area contributed by atoms with Gasteiger partial charge in [-0.1, -0.05) is 12.1 Å². The molecule has 2 aliphatic rings. The SMILES string of the molecule is Cl.O=C(Nc1ccc(CC(=O)N2CCN(c3ncccn3)CC2)cc1)C1CCCN1. The second kappa shape index (κ2) is 10.4. The van der Waals surface area contributed by atoms with Crippen LogP contribution in [0.2, 0.25) is 0 Å². The predicted molar refractivity (Wildman–Crippen MR) is 118 cm³/mol. The molecular weight excluding hydrogens is 404 g/mol. The number of nitrogens with zero attached hydrogens (tertiary/aromatic N) is 4. The number of hydrogen-bond donors (Lipinski definition) is 2. The lowest BCUT2D eigenvalue weighted by Gasteiger charge is -2.34. The van der Waals surface area contributed by atoms with Crippen molar-refractivity contribution in [1.29, 1.82) is 0 Å². The number of carbonyl (C=O) groups excluding carboxylic acids is 2. The summed E-state index contributed by atoms with van der Waals surface area (Å²) in [5, 5.41) is 6.12. The molecule has 9 heteroatoms. The first-order valence-corrected chi connectivity index (χ1v) is 10.1. The Morgan fingerprint density at radius 3 is 2.40 bits per heavy atom. The van der Waals surface area contributed by atoms with E-state index in [1.165, 1.54) is 0 Å². The molecule has 2 aliphatic heterocycles. The summed E-state index contributed by atoms with van der Waals surface area (Å²) in [6, 6.07) is 9.23. The minimum absolute atomic E-state index is 0. The van der Waals surface area contributed by atoms with E-state index >= 15 is 0 Å². The summed E-state index contributed by atoms with van der Waals surface area (Å²) >= 11 is 0. The Morgan fingerprint density at radius 2 is 1.77 bits per heavy atom. The monoisotopic (exact) mass is 430 g/mol. The van der Waals surface area contributed by atoms with Crippen molar-refractivity contribution in [2.45, 2.75) is 25.3 Å². The Balaban J connectivity index is 0.00000256. The summed E-state index contributed by atoms with van der Waals surface area (Å²) in [5.41, 5.74) is 1.71. The van der Waals surface area contributed by atoms with Crippen molar-refractivity contribution >= 4 is 35.9 Å². The Labute approximate surface area is 182 Å². The van der Waals surface area contributed by atoms with Crippen molar-refractivity contribution in [3.8, 4) is 0 Å². The lowest BCUT2D eigenvalue weighted by atomic mass is 10.1. The first-order valence-electron chi connectivity index (χ1n) is 10.1. The van der Waals surface area contributed by atoms with Crippen molar-refractivity contribution in [2.24, 2.45) is 0 Å². The van der Waals surface area contributed by atoms with Crippen LogP contribution in [0.5, 0.6) is 0 Å². The molecule has 2 saturated heterocycles. The number of benzene rings is 1. The van der Waals surface area contributed by atoms with Crippen LogP contribution >= 0.6 is 12.4 Å². The quantitative estimate of drug-likeness (QED) is 0.746. The number of aromatic nitrogens is 2. The fourth-order valence-electron chi connectivity index (χ4n) is 3.74. The van der Waals surface area contributed by atoms with E-state index in [4.69, 9.17) is 0 Å². The van der Waals surface area contributed by atoms with Gasteiger partial charge in [0, 0.05) is 44.3 Å². The maximum atomic E-state index is 12.6. The second-order valence-corrected chi connectivity index (χ2v) is 7.43. The first kappa shape index (κ1) is 22.0. The van der Waals surface area contributed by atoms with Gasteiger partial charge in [0.05, 0.1) is 12.5 Å². The number of piperazine rings is 1. The molecule has 0 aliphatic carbocycles. The highest BCUT2D eigenvalue weighted by Crippen LogP contribution is 2.15. The van der Waals surface area contributed by atoms with Gasteiger partial charge in [-0.05, 0) is 43.1 Å². The van der Waals surface area contributed by atoms with Crippen LogP contribution in [-0.2, 0) is 16.0 Å². The van der Waals surface area contributed by atoms with Crippen LogP contribution in [-0.4, -0.2) is 65.4 Å². The fourth-order valence-corrected chi connectivity index (χ4v) is 3.74. The van der Waals surface area contributed by atoms with E-state index < -0.39 is 0 Å². The molecule has 3 heterocycles. The lowest BCUT2D eigenvalue weighted by Crippen LogP contribution is -2.49. The maximum absolute atomic E-state index is 12.6. The predicted octanol–water partition coefficient (Wildman–Crippen LogP) is 1.48. The molecule has 8 nitrogen and oxygen atoms in total. The Morgan fingerprint density at radius 1 is 1.07 bits per heavy atom. The minimum atomic E-state index is -0.101. The van der Waals surface area contributed by atoms with Gasteiger partial charge in [-0.2, -0.15) is 0 Å². The number of rotatable bonds is 5. The fraction of sp³-hybridized carbons (Fsp3) is 0.429. The standard InChI is InChI=1S/C21H26N6O2.ClH/c28-19(26-11-13-27(14-12-26)21-23-9-2-10-24-21)15-16-4-6-17(7-5-16)25-20(29)18-3-1-8-22-18;/h2,4-7,9-10,18,22H,1,3,8,11-15H2,(H,25,29);1H. The van der Waals surface area contributed by atoms with Crippen molar-refractivity contribution in [3.05, 3.63) is 48.3 Å². The molecule has 0 saturated carbocycles. The average molecular weight is 431 g/mol. The summed E-state index contributed by atoms with van der Waals surface area (Å²) in [6.45, 7) is 3.69. The van der Waals surface area contributed by atoms with E-state index in [0.717, 1.165) is 43.7 Å². The largest absolute Gasteiger partial charge is 0.339 e. The van der Waals surface area contributed by atoms with Crippen molar-refractivity contribution in [2.75, 3.05) is 42.9 Å². The van der Waals surface area contributed by atoms with E-state index in [0.29, 0.717) is 25.5 Å². The Hall–Kier alpha value is -2.71. The molecule has 160 valence electrons. The van der Waals surface area contributed by atoms with Gasteiger partial charge in [-0.25, -0.2) is 9.97 Å². The van der Waals surface area contributed by atoms with Gasteiger partial charge in [0.15, 0.2) is 0 Å². The van der Waals surface area contributed by atoms with E-state index in [9.17, 15) is 9.59 Å². The highest BCUT2D eigenvalue weighted by molar-refractivity contribution is 5.95. The molecule has 2 fully saturated rings. The van der Waals surface area contributed by atoms with Gasteiger partial charge >= 0.3 is 0 Å². The molecule has 0 spiro atoms. The lowest BCUT2D eigenvalue weighted by molar-refractivity contribution is -0.130. The topological polar surface area (TPSA) is 90.5 Å². The molecule has 1 atom stereocenters. The molecule has 1 aromatic heterocycles. The first-order chi connectivity index (χ1) is 14.2. The molecule has 30 heavy (non-hydrogen) atoms. The maximum Gasteiger partial charge on any atom is 0.241 e. The molecule has 2 amide bonds. The van der Waals surface area contributed by atoms with Crippen molar-refractivity contribution in [3.63, 3.8) is 0 Å². The molecule has 1 unspecified atom stereocenters. The van der Waals surface area contributed by atoms with E-state index in [2.05, 4.69) is 25.5 Å². The van der Waals surface area contributed by atoms with E-state index in [-0.39, 0.29) is 30.3 Å². The van der Waals surface area contributed by atoms with Gasteiger partial charge in [-0.15, -0.1) is 12.4 Å². The van der Waals surface area contributed by atoms with Crippen molar-refractivity contribution in [1.82, 2.24) is 20.2 Å². The number of carbonyl (C=O) groups is 2. The smallest absolute Gasteiger partial charge is 0.241 e. The third-order valence-corrected chi connectivity index (χ3v) is 5.42. The highest BCUT2D eigenvalue weighted by atomic mass is 35.5. The Bertz CT molecular complexity index is 834. The zero-order valence-corrected chi connectivity index (χ0v) is 17.6. The average Bonchev–Trinajstić information content (AvgIpc) is 3.31. The second-order valence-electron chi connectivity index (χ2n) is 7.43. The molecular formula is C21H27ClN6O2.